The van der Waals surface area contributed by atoms with Crippen LogP contribution in [0.25, 0.3) is 21.5 Å². The lowest BCUT2D eigenvalue weighted by Gasteiger charge is -2.29. The van der Waals surface area contributed by atoms with Crippen molar-refractivity contribution in [2.45, 2.75) is 38.6 Å². The first-order valence-electron chi connectivity index (χ1n) is 11.8. The Hall–Kier alpha value is -4.05. The molecular formula is C31H28O4. The molecule has 2 atom stereocenters. The van der Waals surface area contributed by atoms with Crippen LogP contribution in [0.1, 0.15) is 31.4 Å². The zero-order valence-corrected chi connectivity index (χ0v) is 20.0. The highest BCUT2D eigenvalue weighted by atomic mass is 16.7. The molecule has 0 radical (unpaired) electrons. The van der Waals surface area contributed by atoms with Crippen molar-refractivity contribution in [3.8, 4) is 11.5 Å². The lowest BCUT2D eigenvalue weighted by atomic mass is 9.92. The van der Waals surface area contributed by atoms with Gasteiger partial charge in [0.2, 0.25) is 6.29 Å². The third kappa shape index (κ3) is 4.17. The molecule has 1 heterocycles. The van der Waals surface area contributed by atoms with E-state index in [0.717, 1.165) is 16.7 Å². The van der Waals surface area contributed by atoms with E-state index >= 15 is 0 Å². The number of carbonyl (C=O) groups excluding carboxylic acids is 1. The number of hydrogen-bond donors (Lipinski definition) is 0. The highest BCUT2D eigenvalue weighted by Crippen LogP contribution is 2.43. The van der Waals surface area contributed by atoms with E-state index in [9.17, 15) is 4.79 Å². The quantitative estimate of drug-likeness (QED) is 0.125. The van der Waals surface area contributed by atoms with Gasteiger partial charge in [-0.2, -0.15) is 0 Å². The van der Waals surface area contributed by atoms with Crippen molar-refractivity contribution in [2.24, 2.45) is 0 Å². The van der Waals surface area contributed by atoms with Crippen molar-refractivity contribution < 1.29 is 19.0 Å². The van der Waals surface area contributed by atoms with Gasteiger partial charge in [0.25, 0.3) is 0 Å². The van der Waals surface area contributed by atoms with E-state index in [4.69, 9.17) is 14.2 Å². The first kappa shape index (κ1) is 22.7. The molecule has 5 rings (SSSR count). The molecule has 0 bridgehead atoms. The molecule has 0 saturated carbocycles. The number of rotatable bonds is 7. The first-order chi connectivity index (χ1) is 16.9. The van der Waals surface area contributed by atoms with E-state index in [0.29, 0.717) is 24.2 Å². The molecule has 4 nitrogen and oxygen atoms in total. The van der Waals surface area contributed by atoms with Crippen LogP contribution < -0.4 is 9.47 Å². The van der Waals surface area contributed by atoms with Gasteiger partial charge in [-0.3, -0.25) is 0 Å². The van der Waals surface area contributed by atoms with Gasteiger partial charge < -0.3 is 14.2 Å². The summed E-state index contributed by atoms with van der Waals surface area (Å²) in [6.45, 7) is 11.0. The third-order valence-corrected chi connectivity index (χ3v) is 6.54. The number of hydrogen-bond acceptors (Lipinski definition) is 4. The molecule has 0 N–H and O–H groups in total. The van der Waals surface area contributed by atoms with Gasteiger partial charge in [-0.25, -0.2) is 4.79 Å². The van der Waals surface area contributed by atoms with Gasteiger partial charge in [0.15, 0.2) is 0 Å². The van der Waals surface area contributed by atoms with Crippen molar-refractivity contribution in [2.75, 3.05) is 0 Å². The number of esters is 1. The number of carbonyl (C=O) groups is 1. The standard InChI is InChI=1S/C31H28O4/c1-5-18-31(4,35-30(32)20(2)3)21-14-16-22(17-15-21)33-28-19-27-25-12-7-6-10-23(25)24-11-8-9-13-26(24)29(27)34-28/h5-17,28H,1-2,18-19H2,3-4H3. The summed E-state index contributed by atoms with van der Waals surface area (Å²) < 4.78 is 18.3. The molecular weight excluding hydrogens is 436 g/mol. The van der Waals surface area contributed by atoms with E-state index in [2.05, 4.69) is 55.6 Å². The van der Waals surface area contributed by atoms with Crippen molar-refractivity contribution >= 4 is 27.5 Å². The molecule has 35 heavy (non-hydrogen) atoms. The Kier molecular flexibility index (Phi) is 5.81. The van der Waals surface area contributed by atoms with Crippen LogP contribution in [0, 0.1) is 0 Å². The van der Waals surface area contributed by atoms with E-state index in [1.807, 2.05) is 37.3 Å². The smallest absolute Gasteiger partial charge is 0.333 e. The molecule has 4 aromatic rings. The normalized spacial score (nSPS) is 16.2. The maximum absolute atomic E-state index is 12.2. The minimum Gasteiger partial charge on any atom is -0.455 e. The summed E-state index contributed by atoms with van der Waals surface area (Å²) in [4.78, 5) is 12.2. The Morgan fingerprint density at radius 2 is 1.60 bits per heavy atom. The summed E-state index contributed by atoms with van der Waals surface area (Å²) >= 11 is 0. The van der Waals surface area contributed by atoms with Crippen LogP contribution in [0.15, 0.2) is 97.6 Å². The summed E-state index contributed by atoms with van der Waals surface area (Å²) in [7, 11) is 0. The maximum Gasteiger partial charge on any atom is 0.333 e. The van der Waals surface area contributed by atoms with Crippen molar-refractivity contribution in [1.29, 1.82) is 0 Å². The maximum atomic E-state index is 12.2. The van der Waals surface area contributed by atoms with Gasteiger partial charge in [0.05, 0.1) is 6.42 Å². The Bertz CT molecular complexity index is 1390. The fourth-order valence-corrected chi connectivity index (χ4v) is 4.75. The van der Waals surface area contributed by atoms with Gasteiger partial charge in [-0.1, -0.05) is 73.3 Å². The second-order valence-corrected chi connectivity index (χ2v) is 9.19. The van der Waals surface area contributed by atoms with Crippen LogP contribution in [0.3, 0.4) is 0 Å². The average molecular weight is 465 g/mol. The van der Waals surface area contributed by atoms with Crippen LogP contribution in [-0.4, -0.2) is 12.3 Å². The monoisotopic (exact) mass is 464 g/mol. The molecule has 0 saturated heterocycles. The predicted octanol–water partition coefficient (Wildman–Crippen LogP) is 7.24. The molecule has 1 aliphatic rings. The van der Waals surface area contributed by atoms with Gasteiger partial charge in [0, 0.05) is 22.9 Å². The molecule has 4 aromatic carbocycles. The SMILES string of the molecule is C=CCC(C)(OC(=O)C(=C)C)c1ccc(OC2Cc3c(c4ccccc4c4ccccc34)O2)cc1. The van der Waals surface area contributed by atoms with E-state index in [1.54, 1.807) is 13.0 Å². The zero-order chi connectivity index (χ0) is 24.6. The fourth-order valence-electron chi connectivity index (χ4n) is 4.75. The molecule has 1 aliphatic heterocycles. The Labute approximate surface area is 205 Å². The summed E-state index contributed by atoms with van der Waals surface area (Å²) in [6, 6.07) is 24.4. The molecule has 2 unspecified atom stereocenters. The summed E-state index contributed by atoms with van der Waals surface area (Å²) in [5.74, 6) is 1.16. The van der Waals surface area contributed by atoms with Crippen LogP contribution in [0.4, 0.5) is 0 Å². The number of ether oxygens (including phenoxy) is 3. The summed E-state index contributed by atoms with van der Waals surface area (Å²) in [5, 5.41) is 4.70. The van der Waals surface area contributed by atoms with Gasteiger partial charge in [0.1, 0.15) is 17.1 Å². The topological polar surface area (TPSA) is 44.8 Å². The molecule has 0 spiro atoms. The summed E-state index contributed by atoms with van der Waals surface area (Å²) in [5.41, 5.74) is 1.55. The highest BCUT2D eigenvalue weighted by Gasteiger charge is 2.31. The van der Waals surface area contributed by atoms with Crippen LogP contribution in [0.5, 0.6) is 11.5 Å². The minimum atomic E-state index is -0.839. The molecule has 0 amide bonds. The second kappa shape index (κ2) is 8.95. The Balaban J connectivity index is 1.40. The average Bonchev–Trinajstić information content (AvgIpc) is 3.29. The molecule has 0 aliphatic carbocycles. The van der Waals surface area contributed by atoms with Crippen molar-refractivity contribution in [3.05, 3.63) is 109 Å². The van der Waals surface area contributed by atoms with Crippen molar-refractivity contribution in [3.63, 3.8) is 0 Å². The minimum absolute atomic E-state index is 0.359. The van der Waals surface area contributed by atoms with E-state index < -0.39 is 17.9 Å². The molecule has 176 valence electrons. The first-order valence-corrected chi connectivity index (χ1v) is 11.8. The number of fused-ring (bicyclic) bond motifs is 6. The van der Waals surface area contributed by atoms with Crippen LogP contribution in [-0.2, 0) is 21.6 Å². The Morgan fingerprint density at radius 3 is 2.23 bits per heavy atom. The van der Waals surface area contributed by atoms with E-state index in [1.165, 1.54) is 21.7 Å². The van der Waals surface area contributed by atoms with Crippen LogP contribution >= 0.6 is 0 Å². The van der Waals surface area contributed by atoms with Gasteiger partial charge in [-0.05, 0) is 47.7 Å². The molecule has 0 fully saturated rings. The molecule has 0 aromatic heterocycles. The predicted molar refractivity (Wildman–Crippen MR) is 140 cm³/mol. The second-order valence-electron chi connectivity index (χ2n) is 9.19. The third-order valence-electron chi connectivity index (χ3n) is 6.54. The number of benzene rings is 4. The van der Waals surface area contributed by atoms with E-state index in [-0.39, 0.29) is 0 Å². The van der Waals surface area contributed by atoms with Crippen LogP contribution in [0.2, 0.25) is 0 Å². The van der Waals surface area contributed by atoms with Gasteiger partial charge >= 0.3 is 5.97 Å². The lowest BCUT2D eigenvalue weighted by Crippen LogP contribution is -2.29. The van der Waals surface area contributed by atoms with Crippen molar-refractivity contribution in [1.82, 2.24) is 0 Å². The summed E-state index contributed by atoms with van der Waals surface area (Å²) in [6.07, 6.45) is 2.46. The fraction of sp³-hybridized carbons (Fsp3) is 0.194. The Morgan fingerprint density at radius 1 is 1.00 bits per heavy atom. The molecule has 4 heteroatoms. The zero-order valence-electron chi connectivity index (χ0n) is 20.0. The largest absolute Gasteiger partial charge is 0.455 e. The highest BCUT2D eigenvalue weighted by molar-refractivity contribution is 6.12. The van der Waals surface area contributed by atoms with Gasteiger partial charge in [-0.15, -0.1) is 6.58 Å². The lowest BCUT2D eigenvalue weighted by molar-refractivity contribution is -0.153.